The SMILES string of the molecule is O=C(O)CC(=Cc1cccc2c1OCCCO2)c1nc2ccccc2s1. The Morgan fingerprint density at radius 1 is 1.15 bits per heavy atom. The van der Waals surface area contributed by atoms with Crippen LogP contribution in [0.4, 0.5) is 0 Å². The molecule has 3 aromatic rings. The van der Waals surface area contributed by atoms with Gasteiger partial charge in [-0.25, -0.2) is 4.98 Å². The van der Waals surface area contributed by atoms with Crippen molar-refractivity contribution < 1.29 is 19.4 Å². The average molecular weight is 367 g/mol. The Bertz CT molecular complexity index is 959. The van der Waals surface area contributed by atoms with E-state index in [1.54, 1.807) is 0 Å². The third-order valence-corrected chi connectivity index (χ3v) is 5.15. The van der Waals surface area contributed by atoms with Gasteiger partial charge in [-0.05, 0) is 29.8 Å². The molecule has 0 aliphatic carbocycles. The second-order valence-corrected chi connectivity index (χ2v) is 6.98. The van der Waals surface area contributed by atoms with Crippen LogP contribution in [0.5, 0.6) is 11.5 Å². The lowest BCUT2D eigenvalue weighted by Gasteiger charge is -2.11. The Hall–Kier alpha value is -2.86. The van der Waals surface area contributed by atoms with E-state index < -0.39 is 5.97 Å². The largest absolute Gasteiger partial charge is 0.490 e. The summed E-state index contributed by atoms with van der Waals surface area (Å²) >= 11 is 1.49. The molecule has 0 saturated heterocycles. The molecule has 1 aliphatic rings. The maximum absolute atomic E-state index is 11.4. The van der Waals surface area contributed by atoms with E-state index in [9.17, 15) is 9.90 Å². The van der Waals surface area contributed by atoms with Crippen molar-refractivity contribution in [2.75, 3.05) is 13.2 Å². The number of fused-ring (bicyclic) bond motifs is 2. The maximum atomic E-state index is 11.4. The molecule has 0 unspecified atom stereocenters. The summed E-state index contributed by atoms with van der Waals surface area (Å²) in [6.07, 6.45) is 2.56. The van der Waals surface area contributed by atoms with E-state index in [1.807, 2.05) is 48.5 Å². The van der Waals surface area contributed by atoms with Crippen LogP contribution in [0.25, 0.3) is 21.9 Å². The summed E-state index contributed by atoms with van der Waals surface area (Å²) in [7, 11) is 0. The van der Waals surface area contributed by atoms with Gasteiger partial charge in [0.05, 0.1) is 29.9 Å². The molecule has 4 rings (SSSR count). The molecular weight excluding hydrogens is 350 g/mol. The minimum Gasteiger partial charge on any atom is -0.490 e. The normalized spacial score (nSPS) is 14.2. The zero-order valence-electron chi connectivity index (χ0n) is 14.0. The fraction of sp³-hybridized carbons (Fsp3) is 0.200. The van der Waals surface area contributed by atoms with Crippen LogP contribution in [-0.2, 0) is 4.79 Å². The molecule has 0 saturated carbocycles. The van der Waals surface area contributed by atoms with E-state index >= 15 is 0 Å². The highest BCUT2D eigenvalue weighted by atomic mass is 32.1. The molecule has 1 aliphatic heterocycles. The van der Waals surface area contributed by atoms with Crippen LogP contribution < -0.4 is 9.47 Å². The lowest BCUT2D eigenvalue weighted by atomic mass is 10.1. The summed E-state index contributed by atoms with van der Waals surface area (Å²) in [5.41, 5.74) is 2.33. The number of aliphatic carboxylic acids is 1. The van der Waals surface area contributed by atoms with Crippen molar-refractivity contribution in [3.8, 4) is 11.5 Å². The van der Waals surface area contributed by atoms with Gasteiger partial charge in [-0.2, -0.15) is 0 Å². The molecule has 5 nitrogen and oxygen atoms in total. The first-order chi connectivity index (χ1) is 12.7. The van der Waals surface area contributed by atoms with Crippen LogP contribution in [0.1, 0.15) is 23.4 Å². The van der Waals surface area contributed by atoms with Crippen LogP contribution in [-0.4, -0.2) is 29.3 Å². The van der Waals surface area contributed by atoms with Gasteiger partial charge in [0.1, 0.15) is 5.01 Å². The van der Waals surface area contributed by atoms with Gasteiger partial charge < -0.3 is 14.6 Å². The number of carboxylic acids is 1. The standard InChI is InChI=1S/C20H17NO4S/c22-18(23)12-14(20-21-15-6-1-2-8-17(15)26-20)11-13-5-3-7-16-19(13)25-10-4-9-24-16/h1-3,5-8,11H,4,9-10,12H2,(H,22,23). The summed E-state index contributed by atoms with van der Waals surface area (Å²) in [5, 5.41) is 10.1. The predicted molar refractivity (Wildman–Crippen MR) is 102 cm³/mol. The lowest BCUT2D eigenvalue weighted by molar-refractivity contribution is -0.135. The van der Waals surface area contributed by atoms with Crippen LogP contribution in [0.2, 0.25) is 0 Å². The number of thiazole rings is 1. The highest BCUT2D eigenvalue weighted by Gasteiger charge is 2.17. The molecule has 6 heteroatoms. The molecule has 0 amide bonds. The van der Waals surface area contributed by atoms with Gasteiger partial charge in [0.15, 0.2) is 11.5 Å². The monoisotopic (exact) mass is 367 g/mol. The summed E-state index contributed by atoms with van der Waals surface area (Å²) in [6, 6.07) is 13.5. The van der Waals surface area contributed by atoms with E-state index in [0.717, 1.165) is 22.2 Å². The first-order valence-electron chi connectivity index (χ1n) is 8.37. The van der Waals surface area contributed by atoms with Crippen molar-refractivity contribution in [1.82, 2.24) is 4.98 Å². The number of carbonyl (C=O) groups is 1. The Morgan fingerprint density at radius 3 is 2.85 bits per heavy atom. The number of aromatic nitrogens is 1. The minimum atomic E-state index is -0.894. The number of benzene rings is 2. The first kappa shape index (κ1) is 16.6. The molecule has 2 aromatic carbocycles. The Morgan fingerprint density at radius 2 is 2.00 bits per heavy atom. The van der Waals surface area contributed by atoms with Gasteiger partial charge in [-0.3, -0.25) is 4.79 Å². The van der Waals surface area contributed by atoms with Crippen molar-refractivity contribution in [2.45, 2.75) is 12.8 Å². The van der Waals surface area contributed by atoms with E-state index in [0.29, 0.717) is 35.3 Å². The van der Waals surface area contributed by atoms with Crippen LogP contribution in [0.15, 0.2) is 42.5 Å². The lowest BCUT2D eigenvalue weighted by Crippen LogP contribution is -1.99. The van der Waals surface area contributed by atoms with Crippen molar-refractivity contribution >= 4 is 39.2 Å². The molecular formula is C20H17NO4S. The second-order valence-electron chi connectivity index (χ2n) is 5.95. The van der Waals surface area contributed by atoms with Crippen molar-refractivity contribution in [3.63, 3.8) is 0 Å². The van der Waals surface area contributed by atoms with Gasteiger partial charge >= 0.3 is 5.97 Å². The van der Waals surface area contributed by atoms with Gasteiger partial charge in [-0.1, -0.05) is 24.3 Å². The summed E-state index contributed by atoms with van der Waals surface area (Å²) in [6.45, 7) is 1.19. The number of para-hydroxylation sites is 2. The number of nitrogens with zero attached hydrogens (tertiary/aromatic N) is 1. The fourth-order valence-corrected chi connectivity index (χ4v) is 3.86. The van der Waals surface area contributed by atoms with Crippen molar-refractivity contribution in [3.05, 3.63) is 53.0 Å². The van der Waals surface area contributed by atoms with E-state index in [2.05, 4.69) is 4.98 Å². The Labute approximate surface area is 154 Å². The number of hydrogen-bond acceptors (Lipinski definition) is 5. The third-order valence-electron chi connectivity index (χ3n) is 4.04. The Kier molecular flexibility index (Phi) is 4.58. The molecule has 132 valence electrons. The number of ether oxygens (including phenoxy) is 2. The average Bonchev–Trinajstić information content (AvgIpc) is 2.91. The molecule has 2 heterocycles. The molecule has 0 bridgehead atoms. The zero-order valence-corrected chi connectivity index (χ0v) is 14.8. The maximum Gasteiger partial charge on any atom is 0.307 e. The molecule has 0 radical (unpaired) electrons. The zero-order chi connectivity index (χ0) is 17.9. The highest BCUT2D eigenvalue weighted by Crippen LogP contribution is 2.37. The van der Waals surface area contributed by atoms with E-state index in [1.165, 1.54) is 11.3 Å². The molecule has 0 fully saturated rings. The van der Waals surface area contributed by atoms with Crippen molar-refractivity contribution in [2.24, 2.45) is 0 Å². The molecule has 1 N–H and O–H groups in total. The van der Waals surface area contributed by atoms with Crippen LogP contribution >= 0.6 is 11.3 Å². The molecule has 1 aromatic heterocycles. The van der Waals surface area contributed by atoms with Crippen LogP contribution in [0, 0.1) is 0 Å². The molecule has 26 heavy (non-hydrogen) atoms. The number of rotatable bonds is 4. The first-order valence-corrected chi connectivity index (χ1v) is 9.19. The minimum absolute atomic E-state index is 0.107. The van der Waals surface area contributed by atoms with Crippen molar-refractivity contribution in [1.29, 1.82) is 0 Å². The summed E-state index contributed by atoms with van der Waals surface area (Å²) in [4.78, 5) is 16.0. The topological polar surface area (TPSA) is 68.7 Å². The van der Waals surface area contributed by atoms with Gasteiger partial charge in [0, 0.05) is 12.0 Å². The van der Waals surface area contributed by atoms with Gasteiger partial charge in [0.2, 0.25) is 0 Å². The molecule has 0 atom stereocenters. The third kappa shape index (κ3) is 3.41. The summed E-state index contributed by atoms with van der Waals surface area (Å²) in [5.74, 6) is 0.457. The number of hydrogen-bond donors (Lipinski definition) is 1. The smallest absolute Gasteiger partial charge is 0.307 e. The Balaban J connectivity index is 1.81. The van der Waals surface area contributed by atoms with E-state index in [-0.39, 0.29) is 6.42 Å². The summed E-state index contributed by atoms with van der Waals surface area (Å²) < 4.78 is 12.6. The number of carboxylic acid groups (broad SMARTS) is 1. The molecule has 0 spiro atoms. The van der Waals surface area contributed by atoms with E-state index in [4.69, 9.17) is 9.47 Å². The highest BCUT2D eigenvalue weighted by molar-refractivity contribution is 7.19. The predicted octanol–water partition coefficient (Wildman–Crippen LogP) is 4.47. The second kappa shape index (κ2) is 7.17. The fourth-order valence-electron chi connectivity index (χ4n) is 2.88. The quantitative estimate of drug-likeness (QED) is 0.737. The van der Waals surface area contributed by atoms with Gasteiger partial charge in [-0.15, -0.1) is 11.3 Å². The van der Waals surface area contributed by atoms with Gasteiger partial charge in [0.25, 0.3) is 0 Å². The van der Waals surface area contributed by atoms with Crippen LogP contribution in [0.3, 0.4) is 0 Å².